The van der Waals surface area contributed by atoms with Crippen LogP contribution in [0.2, 0.25) is 0 Å². The number of carbonyl (C=O) groups excluding carboxylic acids is 1. The summed E-state index contributed by atoms with van der Waals surface area (Å²) in [5.41, 5.74) is 3.86. The first-order valence-electron chi connectivity index (χ1n) is 7.38. The topological polar surface area (TPSA) is 56.3 Å². The van der Waals surface area contributed by atoms with E-state index in [0.717, 1.165) is 27.6 Å². The van der Waals surface area contributed by atoms with E-state index < -0.39 is 0 Å². The molecule has 0 radical (unpaired) electrons. The minimum Gasteiger partial charge on any atom is -0.395 e. The zero-order valence-corrected chi connectivity index (χ0v) is 12.0. The number of H-pyrrole nitrogens is 1. The largest absolute Gasteiger partial charge is 0.395 e. The predicted octanol–water partition coefficient (Wildman–Crippen LogP) is 2.71. The van der Waals surface area contributed by atoms with Gasteiger partial charge in [-0.05, 0) is 17.7 Å². The van der Waals surface area contributed by atoms with Crippen LogP contribution < -0.4 is 0 Å². The van der Waals surface area contributed by atoms with E-state index in [1.54, 1.807) is 4.90 Å². The molecule has 1 atom stereocenters. The summed E-state index contributed by atoms with van der Waals surface area (Å²) in [6, 6.07) is 15.6. The van der Waals surface area contributed by atoms with Crippen molar-refractivity contribution in [1.82, 2.24) is 9.88 Å². The zero-order valence-electron chi connectivity index (χ0n) is 12.0. The maximum absolute atomic E-state index is 12.6. The van der Waals surface area contributed by atoms with Crippen LogP contribution >= 0.6 is 0 Å². The number of hydrogen-bond acceptors (Lipinski definition) is 2. The summed E-state index contributed by atoms with van der Waals surface area (Å²) in [4.78, 5) is 17.7. The lowest BCUT2D eigenvalue weighted by atomic mass is 9.97. The van der Waals surface area contributed by atoms with Crippen LogP contribution in [-0.4, -0.2) is 34.0 Å². The van der Waals surface area contributed by atoms with Crippen LogP contribution in [0.4, 0.5) is 0 Å². The highest BCUT2D eigenvalue weighted by Crippen LogP contribution is 2.40. The van der Waals surface area contributed by atoms with E-state index in [4.69, 9.17) is 0 Å². The van der Waals surface area contributed by atoms with Crippen molar-refractivity contribution in [3.63, 3.8) is 0 Å². The van der Waals surface area contributed by atoms with Crippen molar-refractivity contribution in [2.75, 3.05) is 13.2 Å². The van der Waals surface area contributed by atoms with Gasteiger partial charge in [0, 0.05) is 34.8 Å². The van der Waals surface area contributed by atoms with Gasteiger partial charge in [0.1, 0.15) is 0 Å². The molecule has 0 spiro atoms. The molecule has 0 fully saturated rings. The molecule has 2 aromatic carbocycles. The SMILES string of the molecule is O=C1c2ccccc2[C@H](c2c[nH]c3ccccc23)N1CCO. The number of fused-ring (bicyclic) bond motifs is 2. The van der Waals surface area contributed by atoms with Crippen molar-refractivity contribution in [3.05, 3.63) is 71.4 Å². The molecule has 110 valence electrons. The fourth-order valence-corrected chi connectivity index (χ4v) is 3.36. The maximum Gasteiger partial charge on any atom is 0.255 e. The van der Waals surface area contributed by atoms with E-state index in [0.29, 0.717) is 6.54 Å². The second-order valence-electron chi connectivity index (χ2n) is 5.50. The third-order valence-electron chi connectivity index (χ3n) is 4.32. The van der Waals surface area contributed by atoms with Crippen molar-refractivity contribution in [3.8, 4) is 0 Å². The van der Waals surface area contributed by atoms with Crippen molar-refractivity contribution >= 4 is 16.8 Å². The van der Waals surface area contributed by atoms with Crippen LogP contribution in [0.3, 0.4) is 0 Å². The summed E-state index contributed by atoms with van der Waals surface area (Å²) >= 11 is 0. The van der Waals surface area contributed by atoms with Gasteiger partial charge in [0.25, 0.3) is 5.91 Å². The molecule has 1 aromatic heterocycles. The number of aliphatic hydroxyl groups excluding tert-OH is 1. The van der Waals surface area contributed by atoms with Gasteiger partial charge in [0.2, 0.25) is 0 Å². The fraction of sp³-hybridized carbons (Fsp3) is 0.167. The van der Waals surface area contributed by atoms with Crippen LogP contribution in [0.5, 0.6) is 0 Å². The van der Waals surface area contributed by atoms with E-state index in [9.17, 15) is 9.90 Å². The molecule has 22 heavy (non-hydrogen) atoms. The number of β-amino-alcohol motifs (C(OH)–C–C–N with tert-alkyl or cyclic N) is 1. The number of rotatable bonds is 3. The van der Waals surface area contributed by atoms with E-state index in [1.807, 2.05) is 48.7 Å². The first-order chi connectivity index (χ1) is 10.8. The molecule has 0 bridgehead atoms. The number of carbonyl (C=O) groups is 1. The molecule has 0 aliphatic carbocycles. The molecular weight excluding hydrogens is 276 g/mol. The van der Waals surface area contributed by atoms with Gasteiger partial charge >= 0.3 is 0 Å². The lowest BCUT2D eigenvalue weighted by Gasteiger charge is -2.24. The van der Waals surface area contributed by atoms with Gasteiger partial charge in [0.15, 0.2) is 0 Å². The Bertz CT molecular complexity index is 853. The Morgan fingerprint density at radius 2 is 1.82 bits per heavy atom. The van der Waals surface area contributed by atoms with Crippen LogP contribution in [0, 0.1) is 0 Å². The molecule has 0 saturated heterocycles. The lowest BCUT2D eigenvalue weighted by molar-refractivity contribution is 0.0713. The summed E-state index contributed by atoms with van der Waals surface area (Å²) in [5, 5.41) is 10.5. The number of para-hydroxylation sites is 1. The Balaban J connectivity index is 1.93. The molecule has 0 saturated carbocycles. The van der Waals surface area contributed by atoms with Gasteiger partial charge in [-0.1, -0.05) is 36.4 Å². The van der Waals surface area contributed by atoms with E-state index in [1.165, 1.54) is 0 Å². The van der Waals surface area contributed by atoms with Gasteiger partial charge in [0.05, 0.1) is 12.6 Å². The van der Waals surface area contributed by atoms with Crippen LogP contribution in [0.1, 0.15) is 27.5 Å². The van der Waals surface area contributed by atoms with Crippen molar-refractivity contribution in [2.24, 2.45) is 0 Å². The molecule has 3 aromatic rings. The number of amides is 1. The Hall–Kier alpha value is -2.59. The highest BCUT2D eigenvalue weighted by atomic mass is 16.3. The van der Waals surface area contributed by atoms with Crippen LogP contribution in [0.15, 0.2) is 54.7 Å². The smallest absolute Gasteiger partial charge is 0.255 e. The van der Waals surface area contributed by atoms with E-state index >= 15 is 0 Å². The average molecular weight is 292 g/mol. The Kier molecular flexibility index (Phi) is 2.98. The average Bonchev–Trinajstić information content (AvgIpc) is 3.09. The number of aromatic nitrogens is 1. The molecule has 1 aliphatic heterocycles. The third kappa shape index (κ3) is 1.77. The first kappa shape index (κ1) is 13.1. The number of aromatic amines is 1. The maximum atomic E-state index is 12.6. The first-order valence-corrected chi connectivity index (χ1v) is 7.38. The highest BCUT2D eigenvalue weighted by molar-refractivity contribution is 6.00. The number of aliphatic hydroxyl groups is 1. The molecule has 4 rings (SSSR count). The highest BCUT2D eigenvalue weighted by Gasteiger charge is 2.37. The van der Waals surface area contributed by atoms with Crippen molar-refractivity contribution in [1.29, 1.82) is 0 Å². The molecule has 2 N–H and O–H groups in total. The van der Waals surface area contributed by atoms with Crippen molar-refractivity contribution < 1.29 is 9.90 Å². The van der Waals surface area contributed by atoms with Crippen LogP contribution in [0.25, 0.3) is 10.9 Å². The van der Waals surface area contributed by atoms with E-state index in [2.05, 4.69) is 11.1 Å². The fourth-order valence-electron chi connectivity index (χ4n) is 3.36. The molecular formula is C18H16N2O2. The van der Waals surface area contributed by atoms with E-state index in [-0.39, 0.29) is 18.6 Å². The summed E-state index contributed by atoms with van der Waals surface area (Å²) in [7, 11) is 0. The Morgan fingerprint density at radius 3 is 2.68 bits per heavy atom. The normalized spacial score (nSPS) is 17.2. The molecule has 4 nitrogen and oxygen atoms in total. The molecule has 2 heterocycles. The zero-order chi connectivity index (χ0) is 15.1. The molecule has 4 heteroatoms. The monoisotopic (exact) mass is 292 g/mol. The molecule has 0 unspecified atom stereocenters. The molecule has 1 aliphatic rings. The quantitative estimate of drug-likeness (QED) is 0.780. The summed E-state index contributed by atoms with van der Waals surface area (Å²) in [5.74, 6) is -0.0140. The minimum atomic E-state index is -0.146. The third-order valence-corrected chi connectivity index (χ3v) is 4.32. The number of benzene rings is 2. The van der Waals surface area contributed by atoms with Gasteiger partial charge in [-0.25, -0.2) is 0 Å². The van der Waals surface area contributed by atoms with Crippen LogP contribution in [-0.2, 0) is 0 Å². The van der Waals surface area contributed by atoms with Gasteiger partial charge in [-0.3, -0.25) is 4.79 Å². The second-order valence-corrected chi connectivity index (χ2v) is 5.50. The van der Waals surface area contributed by atoms with Gasteiger partial charge in [-0.2, -0.15) is 0 Å². The summed E-state index contributed by atoms with van der Waals surface area (Å²) < 4.78 is 0. The molecule has 1 amide bonds. The number of nitrogens with zero attached hydrogens (tertiary/aromatic N) is 1. The minimum absolute atomic E-state index is 0.0140. The lowest BCUT2D eigenvalue weighted by Crippen LogP contribution is -2.31. The Morgan fingerprint density at radius 1 is 1.05 bits per heavy atom. The Labute approximate surface area is 128 Å². The van der Waals surface area contributed by atoms with Crippen molar-refractivity contribution in [2.45, 2.75) is 6.04 Å². The number of nitrogens with one attached hydrogen (secondary N) is 1. The van der Waals surface area contributed by atoms with Gasteiger partial charge in [-0.15, -0.1) is 0 Å². The second kappa shape index (κ2) is 5.00. The number of hydrogen-bond donors (Lipinski definition) is 2. The summed E-state index contributed by atoms with van der Waals surface area (Å²) in [6.07, 6.45) is 1.97. The van der Waals surface area contributed by atoms with Gasteiger partial charge < -0.3 is 15.0 Å². The predicted molar refractivity (Wildman–Crippen MR) is 84.7 cm³/mol. The standard InChI is InChI=1S/C18H16N2O2/c21-10-9-20-17(13-6-1-2-7-14(13)18(20)22)15-11-19-16-8-4-3-5-12(15)16/h1-8,11,17,19,21H,9-10H2/t17-/m1/s1. The summed E-state index contributed by atoms with van der Waals surface area (Å²) in [6.45, 7) is 0.288.